The average molecular weight is 403 g/mol. The number of rotatable bonds is 6. The standard InChI is InChI=1S/C22H23F2NO2S/c23-19-5-2-6-20(24)21(19)17-12-18(17)22(26)25-15-4-1-3-14(11-15)13-28-16-7-9-27-10-8-16/h1-6,11,16-18H,7-10,12-13H2,(H,25,26). The first-order chi connectivity index (χ1) is 13.6. The predicted octanol–water partition coefficient (Wildman–Crippen LogP) is 5.12. The Kier molecular flexibility index (Phi) is 5.97. The first-order valence-electron chi connectivity index (χ1n) is 9.65. The molecule has 148 valence electrons. The number of hydrogen-bond donors (Lipinski definition) is 1. The van der Waals surface area contributed by atoms with Crippen LogP contribution in [0.4, 0.5) is 14.5 Å². The van der Waals surface area contributed by atoms with Crippen molar-refractivity contribution in [1.29, 1.82) is 0 Å². The molecule has 1 amide bonds. The van der Waals surface area contributed by atoms with Gasteiger partial charge in [-0.25, -0.2) is 8.78 Å². The lowest BCUT2D eigenvalue weighted by Gasteiger charge is -2.21. The van der Waals surface area contributed by atoms with Crippen molar-refractivity contribution >= 4 is 23.4 Å². The Bertz CT molecular complexity index is 834. The number of ether oxygens (including phenoxy) is 1. The van der Waals surface area contributed by atoms with E-state index in [9.17, 15) is 13.6 Å². The minimum atomic E-state index is -0.576. The molecular weight excluding hydrogens is 380 g/mol. The van der Waals surface area contributed by atoms with Crippen molar-refractivity contribution in [3.8, 4) is 0 Å². The highest BCUT2D eigenvalue weighted by Gasteiger charge is 2.46. The van der Waals surface area contributed by atoms with Crippen LogP contribution in [0.2, 0.25) is 0 Å². The molecule has 2 atom stereocenters. The molecule has 0 aromatic heterocycles. The molecule has 2 aliphatic rings. The highest BCUT2D eigenvalue weighted by atomic mass is 32.2. The number of halogens is 2. The van der Waals surface area contributed by atoms with Crippen molar-refractivity contribution < 1.29 is 18.3 Å². The predicted molar refractivity (Wildman–Crippen MR) is 107 cm³/mol. The van der Waals surface area contributed by atoms with Gasteiger partial charge in [0.25, 0.3) is 0 Å². The zero-order chi connectivity index (χ0) is 19.5. The summed E-state index contributed by atoms with van der Waals surface area (Å²) in [5, 5.41) is 3.53. The van der Waals surface area contributed by atoms with E-state index in [4.69, 9.17) is 4.74 Å². The summed E-state index contributed by atoms with van der Waals surface area (Å²) in [5.41, 5.74) is 1.92. The summed E-state index contributed by atoms with van der Waals surface area (Å²) in [6.07, 6.45) is 2.64. The zero-order valence-electron chi connectivity index (χ0n) is 15.5. The molecule has 1 saturated heterocycles. The fraction of sp³-hybridized carbons (Fsp3) is 0.409. The third-order valence-electron chi connectivity index (χ3n) is 5.35. The van der Waals surface area contributed by atoms with Crippen molar-refractivity contribution in [2.75, 3.05) is 18.5 Å². The van der Waals surface area contributed by atoms with E-state index in [1.54, 1.807) is 0 Å². The number of amides is 1. The summed E-state index contributed by atoms with van der Waals surface area (Å²) in [7, 11) is 0. The van der Waals surface area contributed by atoms with Crippen LogP contribution in [0.25, 0.3) is 0 Å². The molecule has 1 aliphatic heterocycles. The summed E-state index contributed by atoms with van der Waals surface area (Å²) in [6.45, 7) is 1.66. The van der Waals surface area contributed by atoms with Crippen molar-refractivity contribution in [1.82, 2.24) is 0 Å². The maximum Gasteiger partial charge on any atom is 0.228 e. The lowest BCUT2D eigenvalue weighted by molar-refractivity contribution is -0.117. The van der Waals surface area contributed by atoms with Gasteiger partial charge in [0, 0.05) is 47.3 Å². The second-order valence-electron chi connectivity index (χ2n) is 7.40. The molecule has 28 heavy (non-hydrogen) atoms. The number of carbonyl (C=O) groups is 1. The van der Waals surface area contributed by atoms with Crippen molar-refractivity contribution in [3.63, 3.8) is 0 Å². The first-order valence-corrected chi connectivity index (χ1v) is 10.7. The molecule has 3 nitrogen and oxygen atoms in total. The van der Waals surface area contributed by atoms with Crippen LogP contribution < -0.4 is 5.32 Å². The van der Waals surface area contributed by atoms with Crippen molar-refractivity contribution in [2.45, 2.75) is 36.2 Å². The molecule has 4 rings (SSSR count). The fourth-order valence-electron chi connectivity index (χ4n) is 3.70. The van der Waals surface area contributed by atoms with Gasteiger partial charge in [-0.3, -0.25) is 4.79 Å². The molecule has 6 heteroatoms. The van der Waals surface area contributed by atoms with Gasteiger partial charge in [0.15, 0.2) is 0 Å². The van der Waals surface area contributed by atoms with Gasteiger partial charge in [0.2, 0.25) is 5.91 Å². The van der Waals surface area contributed by atoms with Crippen LogP contribution in [0.15, 0.2) is 42.5 Å². The Morgan fingerprint density at radius 3 is 2.57 bits per heavy atom. The molecule has 0 spiro atoms. The normalized spacial score (nSPS) is 22.1. The summed E-state index contributed by atoms with van der Waals surface area (Å²) in [6, 6.07) is 11.6. The van der Waals surface area contributed by atoms with E-state index in [0.29, 0.717) is 11.7 Å². The van der Waals surface area contributed by atoms with E-state index in [-0.39, 0.29) is 23.3 Å². The molecule has 1 heterocycles. The van der Waals surface area contributed by atoms with Crippen LogP contribution in [0.3, 0.4) is 0 Å². The van der Waals surface area contributed by atoms with E-state index in [2.05, 4.69) is 11.4 Å². The Morgan fingerprint density at radius 1 is 1.11 bits per heavy atom. The molecule has 2 aromatic carbocycles. The third-order valence-corrected chi connectivity index (χ3v) is 6.79. The monoisotopic (exact) mass is 403 g/mol. The molecule has 1 aliphatic carbocycles. The smallest absolute Gasteiger partial charge is 0.228 e. The van der Waals surface area contributed by atoms with Crippen molar-refractivity contribution in [3.05, 3.63) is 65.2 Å². The Morgan fingerprint density at radius 2 is 1.82 bits per heavy atom. The quantitative estimate of drug-likeness (QED) is 0.728. The number of thioether (sulfide) groups is 1. The number of benzene rings is 2. The minimum Gasteiger partial charge on any atom is -0.381 e. The van der Waals surface area contributed by atoms with E-state index >= 15 is 0 Å². The van der Waals surface area contributed by atoms with Crippen LogP contribution in [-0.2, 0) is 15.3 Å². The fourth-order valence-corrected chi connectivity index (χ4v) is 4.83. The van der Waals surface area contributed by atoms with Gasteiger partial charge in [-0.05, 0) is 49.1 Å². The largest absolute Gasteiger partial charge is 0.381 e. The topological polar surface area (TPSA) is 38.3 Å². The Balaban J connectivity index is 1.34. The van der Waals surface area contributed by atoms with Crippen LogP contribution >= 0.6 is 11.8 Å². The molecule has 0 bridgehead atoms. The summed E-state index contributed by atoms with van der Waals surface area (Å²) >= 11 is 1.92. The Hall–Kier alpha value is -1.92. The number of anilines is 1. The van der Waals surface area contributed by atoms with Crippen LogP contribution in [0, 0.1) is 17.6 Å². The molecule has 0 radical (unpaired) electrons. The maximum absolute atomic E-state index is 13.9. The highest BCUT2D eigenvalue weighted by molar-refractivity contribution is 7.99. The summed E-state index contributed by atoms with van der Waals surface area (Å²) in [4.78, 5) is 12.5. The van der Waals surface area contributed by atoms with Gasteiger partial charge < -0.3 is 10.1 Å². The van der Waals surface area contributed by atoms with E-state index in [1.807, 2.05) is 30.0 Å². The van der Waals surface area contributed by atoms with Crippen molar-refractivity contribution in [2.24, 2.45) is 5.92 Å². The Labute approximate surface area is 167 Å². The molecule has 1 saturated carbocycles. The third kappa shape index (κ3) is 4.55. The van der Waals surface area contributed by atoms with Gasteiger partial charge in [0.1, 0.15) is 11.6 Å². The van der Waals surface area contributed by atoms with E-state index in [1.165, 1.54) is 18.2 Å². The molecule has 1 N–H and O–H groups in total. The lowest BCUT2D eigenvalue weighted by Crippen LogP contribution is -2.17. The van der Waals surface area contributed by atoms with Crippen LogP contribution in [0.1, 0.15) is 36.3 Å². The number of carbonyl (C=O) groups excluding carboxylic acids is 1. The van der Waals surface area contributed by atoms with Gasteiger partial charge in [-0.15, -0.1) is 0 Å². The van der Waals surface area contributed by atoms with Crippen LogP contribution in [-0.4, -0.2) is 24.4 Å². The van der Waals surface area contributed by atoms with E-state index in [0.717, 1.165) is 43.1 Å². The first kappa shape index (κ1) is 19.4. The lowest BCUT2D eigenvalue weighted by atomic mass is 10.1. The summed E-state index contributed by atoms with van der Waals surface area (Å²) < 4.78 is 33.2. The van der Waals surface area contributed by atoms with E-state index < -0.39 is 11.6 Å². The second kappa shape index (κ2) is 8.62. The maximum atomic E-state index is 13.9. The molecule has 2 unspecified atom stereocenters. The second-order valence-corrected chi connectivity index (χ2v) is 8.69. The molecular formula is C22H23F2NO2S. The van der Waals surface area contributed by atoms with Gasteiger partial charge in [-0.1, -0.05) is 18.2 Å². The molecule has 2 aromatic rings. The highest BCUT2D eigenvalue weighted by Crippen LogP contribution is 2.49. The minimum absolute atomic E-state index is 0.0317. The number of hydrogen-bond acceptors (Lipinski definition) is 3. The summed E-state index contributed by atoms with van der Waals surface area (Å²) in [5.74, 6) is -1.21. The molecule has 2 fully saturated rings. The SMILES string of the molecule is O=C(Nc1cccc(CSC2CCOCC2)c1)C1CC1c1c(F)cccc1F. The van der Waals surface area contributed by atoms with Gasteiger partial charge in [0.05, 0.1) is 0 Å². The zero-order valence-corrected chi connectivity index (χ0v) is 16.3. The van der Waals surface area contributed by atoms with Gasteiger partial charge >= 0.3 is 0 Å². The average Bonchev–Trinajstić information content (AvgIpc) is 3.48. The van der Waals surface area contributed by atoms with Gasteiger partial charge in [-0.2, -0.15) is 11.8 Å². The number of nitrogens with one attached hydrogen (secondary N) is 1. The van der Waals surface area contributed by atoms with Crippen LogP contribution in [0.5, 0.6) is 0 Å².